The van der Waals surface area contributed by atoms with Crippen molar-refractivity contribution in [1.82, 2.24) is 0 Å². The number of carbonyl (C=O) groups is 1. The van der Waals surface area contributed by atoms with Gasteiger partial charge < -0.3 is 9.47 Å². The fourth-order valence-corrected chi connectivity index (χ4v) is 4.25. The van der Waals surface area contributed by atoms with Gasteiger partial charge >= 0.3 is 0 Å². The largest absolute Gasteiger partial charge is 0.342 e. The van der Waals surface area contributed by atoms with Gasteiger partial charge in [-0.25, -0.2) is 0 Å². The number of fused-ring (bicyclic) bond motifs is 5. The van der Waals surface area contributed by atoms with E-state index in [9.17, 15) is 4.79 Å². The second-order valence-corrected chi connectivity index (χ2v) is 6.86. The summed E-state index contributed by atoms with van der Waals surface area (Å²) >= 11 is 0. The van der Waals surface area contributed by atoms with Crippen LogP contribution in [0.15, 0.2) is 48.5 Å². The Hall–Kier alpha value is -2.61. The zero-order chi connectivity index (χ0) is 19.0. The molecule has 0 bridgehead atoms. The lowest BCUT2D eigenvalue weighted by Crippen LogP contribution is -2.40. The minimum Gasteiger partial charge on any atom is -0.342 e. The van der Waals surface area contributed by atoms with E-state index in [0.717, 1.165) is 22.4 Å². The number of rotatable bonds is 4. The standard InChI is InChI=1S/C23H23NO3/c1-4-26-21(27-5-2)15-14-19-16-10-7-9-13-20(16)24-22(25)17-11-6-8-12-18(17)23(19,24)3/h6-13,19,21H,4-5H2,1-3H3/t19-,23-/m0/s1. The lowest BCUT2D eigenvalue weighted by molar-refractivity contribution is -0.0970. The lowest BCUT2D eigenvalue weighted by Gasteiger charge is -2.32. The molecule has 0 fully saturated rings. The summed E-state index contributed by atoms with van der Waals surface area (Å²) in [6.45, 7) is 7.02. The van der Waals surface area contributed by atoms with Crippen LogP contribution in [0.3, 0.4) is 0 Å². The molecule has 0 spiro atoms. The Labute approximate surface area is 160 Å². The van der Waals surface area contributed by atoms with Gasteiger partial charge in [0.2, 0.25) is 6.29 Å². The molecule has 2 heterocycles. The highest BCUT2D eigenvalue weighted by atomic mass is 16.7. The molecule has 0 aromatic heterocycles. The second kappa shape index (κ2) is 6.84. The van der Waals surface area contributed by atoms with E-state index in [2.05, 4.69) is 24.8 Å². The number of carbonyl (C=O) groups excluding carboxylic acids is 1. The van der Waals surface area contributed by atoms with Crippen LogP contribution in [0.2, 0.25) is 0 Å². The van der Waals surface area contributed by atoms with Crippen LogP contribution in [-0.4, -0.2) is 25.4 Å². The van der Waals surface area contributed by atoms with Crippen LogP contribution in [0, 0.1) is 11.8 Å². The molecule has 0 aliphatic carbocycles. The van der Waals surface area contributed by atoms with Crippen LogP contribution >= 0.6 is 0 Å². The van der Waals surface area contributed by atoms with Crippen molar-refractivity contribution in [2.75, 3.05) is 18.1 Å². The van der Waals surface area contributed by atoms with Gasteiger partial charge in [0.1, 0.15) is 0 Å². The van der Waals surface area contributed by atoms with Gasteiger partial charge in [-0.05, 0) is 50.0 Å². The molecule has 2 aliphatic heterocycles. The Morgan fingerprint density at radius 1 is 1.07 bits per heavy atom. The molecule has 2 atom stereocenters. The van der Waals surface area contributed by atoms with Crippen molar-refractivity contribution in [3.05, 3.63) is 65.2 Å². The molecule has 4 rings (SSSR count). The molecular weight excluding hydrogens is 338 g/mol. The van der Waals surface area contributed by atoms with E-state index in [-0.39, 0.29) is 11.8 Å². The highest BCUT2D eigenvalue weighted by Gasteiger charge is 2.57. The maximum Gasteiger partial charge on any atom is 0.259 e. The predicted octanol–water partition coefficient (Wildman–Crippen LogP) is 4.06. The van der Waals surface area contributed by atoms with Crippen LogP contribution in [0.1, 0.15) is 48.2 Å². The molecule has 0 N–H and O–H groups in total. The van der Waals surface area contributed by atoms with Gasteiger partial charge in [0.25, 0.3) is 5.91 Å². The minimum absolute atomic E-state index is 0.0380. The first-order valence-electron chi connectivity index (χ1n) is 9.40. The molecule has 0 saturated heterocycles. The Kier molecular flexibility index (Phi) is 4.51. The lowest BCUT2D eigenvalue weighted by atomic mass is 9.79. The molecule has 2 aromatic rings. The summed E-state index contributed by atoms with van der Waals surface area (Å²) in [5.41, 5.74) is 3.25. The summed E-state index contributed by atoms with van der Waals surface area (Å²) in [6, 6.07) is 15.9. The van der Waals surface area contributed by atoms with Crippen LogP contribution in [0.4, 0.5) is 5.69 Å². The average molecular weight is 361 g/mol. The molecule has 0 saturated carbocycles. The van der Waals surface area contributed by atoms with Gasteiger partial charge in [-0.15, -0.1) is 0 Å². The van der Waals surface area contributed by atoms with Gasteiger partial charge in [-0.1, -0.05) is 42.3 Å². The van der Waals surface area contributed by atoms with Crippen molar-refractivity contribution in [1.29, 1.82) is 0 Å². The fraction of sp³-hybridized carbons (Fsp3) is 0.348. The molecule has 27 heavy (non-hydrogen) atoms. The summed E-state index contributed by atoms with van der Waals surface area (Å²) < 4.78 is 11.2. The number of hydrogen-bond acceptors (Lipinski definition) is 3. The van der Waals surface area contributed by atoms with Gasteiger partial charge in [-0.2, -0.15) is 0 Å². The summed E-state index contributed by atoms with van der Waals surface area (Å²) in [6.07, 6.45) is -0.558. The molecule has 0 unspecified atom stereocenters. The molecule has 4 heteroatoms. The Bertz CT molecular complexity index is 936. The van der Waals surface area contributed by atoms with Crippen molar-refractivity contribution in [2.45, 2.75) is 38.5 Å². The SMILES string of the molecule is CCOC(C#C[C@H]1c2ccccc2N2C(=O)c3ccccc3[C@@]12C)OCC. The summed E-state index contributed by atoms with van der Waals surface area (Å²) in [5, 5.41) is 0. The monoisotopic (exact) mass is 361 g/mol. The number of hydrogen-bond donors (Lipinski definition) is 0. The van der Waals surface area contributed by atoms with E-state index in [4.69, 9.17) is 9.47 Å². The molecule has 4 nitrogen and oxygen atoms in total. The van der Waals surface area contributed by atoms with Crippen LogP contribution in [-0.2, 0) is 15.0 Å². The topological polar surface area (TPSA) is 38.8 Å². The van der Waals surface area contributed by atoms with E-state index >= 15 is 0 Å². The zero-order valence-electron chi connectivity index (χ0n) is 15.9. The van der Waals surface area contributed by atoms with Gasteiger partial charge in [0.15, 0.2) is 0 Å². The number of ether oxygens (including phenoxy) is 2. The van der Waals surface area contributed by atoms with Crippen molar-refractivity contribution >= 4 is 11.6 Å². The highest BCUT2D eigenvalue weighted by Crippen LogP contribution is 2.57. The van der Waals surface area contributed by atoms with Crippen molar-refractivity contribution < 1.29 is 14.3 Å². The molecule has 2 aliphatic rings. The van der Waals surface area contributed by atoms with Gasteiger partial charge in [-0.3, -0.25) is 9.69 Å². The van der Waals surface area contributed by atoms with E-state index in [1.807, 2.05) is 61.2 Å². The first-order valence-corrected chi connectivity index (χ1v) is 9.40. The Morgan fingerprint density at radius 3 is 2.48 bits per heavy atom. The second-order valence-electron chi connectivity index (χ2n) is 6.86. The molecule has 1 amide bonds. The number of benzene rings is 2. The molecule has 2 aromatic carbocycles. The molecule has 138 valence electrons. The van der Waals surface area contributed by atoms with Crippen LogP contribution in [0.25, 0.3) is 0 Å². The van der Waals surface area contributed by atoms with Crippen LogP contribution in [0.5, 0.6) is 0 Å². The van der Waals surface area contributed by atoms with Crippen molar-refractivity contribution in [3.63, 3.8) is 0 Å². The maximum absolute atomic E-state index is 13.2. The third kappa shape index (κ3) is 2.58. The quantitative estimate of drug-likeness (QED) is 0.609. The smallest absolute Gasteiger partial charge is 0.259 e. The Balaban J connectivity index is 1.85. The molecular formula is C23H23NO3. The van der Waals surface area contributed by atoms with Gasteiger partial charge in [0.05, 0.1) is 11.5 Å². The number of para-hydroxylation sites is 1. The van der Waals surface area contributed by atoms with Crippen molar-refractivity contribution in [2.24, 2.45) is 0 Å². The van der Waals surface area contributed by atoms with E-state index in [1.165, 1.54) is 0 Å². The normalized spacial score (nSPS) is 22.3. The fourth-order valence-electron chi connectivity index (χ4n) is 4.25. The zero-order valence-corrected chi connectivity index (χ0v) is 15.9. The number of anilines is 1. The van der Waals surface area contributed by atoms with E-state index in [1.54, 1.807) is 0 Å². The maximum atomic E-state index is 13.2. The predicted molar refractivity (Wildman–Crippen MR) is 105 cm³/mol. The van der Waals surface area contributed by atoms with Crippen molar-refractivity contribution in [3.8, 4) is 11.8 Å². The summed E-state index contributed by atoms with van der Waals surface area (Å²) in [4.78, 5) is 15.1. The minimum atomic E-state index is -0.558. The third-order valence-electron chi connectivity index (χ3n) is 5.40. The summed E-state index contributed by atoms with van der Waals surface area (Å²) in [7, 11) is 0. The number of amides is 1. The average Bonchev–Trinajstić information content (AvgIpc) is 3.07. The highest BCUT2D eigenvalue weighted by molar-refractivity contribution is 6.14. The van der Waals surface area contributed by atoms with Gasteiger partial charge in [0, 0.05) is 24.5 Å². The first-order chi connectivity index (χ1) is 13.1. The van der Waals surface area contributed by atoms with Crippen LogP contribution < -0.4 is 4.90 Å². The number of nitrogens with zero attached hydrogens (tertiary/aromatic N) is 1. The third-order valence-corrected chi connectivity index (χ3v) is 5.40. The van der Waals surface area contributed by atoms with E-state index in [0.29, 0.717) is 13.2 Å². The molecule has 0 radical (unpaired) electrons. The first kappa shape index (κ1) is 17.8. The Morgan fingerprint density at radius 2 is 1.74 bits per heavy atom. The summed E-state index contributed by atoms with van der Waals surface area (Å²) in [5.74, 6) is 6.43. The van der Waals surface area contributed by atoms with E-state index < -0.39 is 11.8 Å².